The molecule has 1 aromatic rings. The van der Waals surface area contributed by atoms with Crippen LogP contribution in [-0.4, -0.2) is 12.0 Å². The molecule has 4 nitrogen and oxygen atoms in total. The third-order valence-electron chi connectivity index (χ3n) is 1.89. The minimum Gasteiger partial charge on any atom is -0.423 e. The highest BCUT2D eigenvalue weighted by Gasteiger charge is 2.06. The van der Waals surface area contributed by atoms with Crippen molar-refractivity contribution in [2.75, 3.05) is 0 Å². The Labute approximate surface area is 93.3 Å². The fourth-order valence-electron chi connectivity index (χ4n) is 1.06. The van der Waals surface area contributed by atoms with Gasteiger partial charge in [-0.2, -0.15) is 4.99 Å². The Morgan fingerprint density at radius 3 is 2.69 bits per heavy atom. The first kappa shape index (κ1) is 11.9. The van der Waals surface area contributed by atoms with E-state index in [9.17, 15) is 9.59 Å². The molecule has 0 bridgehead atoms. The molecule has 1 aromatic carbocycles. The Hall–Kier alpha value is -2.19. The van der Waals surface area contributed by atoms with Crippen LogP contribution in [0.5, 0.6) is 5.75 Å². The van der Waals surface area contributed by atoms with Crippen molar-refractivity contribution in [1.29, 1.82) is 0 Å². The summed E-state index contributed by atoms with van der Waals surface area (Å²) in [4.78, 5) is 24.8. The maximum atomic E-state index is 11.2. The van der Waals surface area contributed by atoms with E-state index in [1.54, 1.807) is 32.0 Å². The van der Waals surface area contributed by atoms with Gasteiger partial charge in [-0.1, -0.05) is 6.58 Å². The SMILES string of the molecule is C=C(C)C(=O)Oc1ccc(N=C=O)c(C)c1. The zero-order valence-electron chi connectivity index (χ0n) is 9.11. The summed E-state index contributed by atoms with van der Waals surface area (Å²) in [7, 11) is 0. The van der Waals surface area contributed by atoms with E-state index in [1.165, 1.54) is 6.08 Å². The monoisotopic (exact) mass is 217 g/mol. The molecular formula is C12H11NO3. The summed E-state index contributed by atoms with van der Waals surface area (Å²) >= 11 is 0. The van der Waals surface area contributed by atoms with E-state index in [0.29, 0.717) is 17.0 Å². The van der Waals surface area contributed by atoms with Crippen LogP contribution in [-0.2, 0) is 9.59 Å². The molecule has 0 aliphatic heterocycles. The molecule has 0 aliphatic rings. The van der Waals surface area contributed by atoms with Gasteiger partial charge >= 0.3 is 5.97 Å². The number of hydrogen-bond acceptors (Lipinski definition) is 4. The number of carbonyl (C=O) groups is 1. The number of ether oxygens (including phenoxy) is 1. The minimum atomic E-state index is -0.481. The van der Waals surface area contributed by atoms with Gasteiger partial charge in [0, 0.05) is 5.57 Å². The van der Waals surface area contributed by atoms with Gasteiger partial charge in [0.15, 0.2) is 0 Å². The fourth-order valence-corrected chi connectivity index (χ4v) is 1.06. The van der Waals surface area contributed by atoms with Crippen molar-refractivity contribution in [1.82, 2.24) is 0 Å². The Bertz CT molecular complexity index is 485. The van der Waals surface area contributed by atoms with Crippen LogP contribution in [0.25, 0.3) is 0 Å². The third-order valence-corrected chi connectivity index (χ3v) is 1.89. The fraction of sp³-hybridized carbons (Fsp3) is 0.167. The molecular weight excluding hydrogens is 206 g/mol. The van der Waals surface area contributed by atoms with E-state index < -0.39 is 5.97 Å². The maximum absolute atomic E-state index is 11.2. The van der Waals surface area contributed by atoms with Crippen molar-refractivity contribution in [2.24, 2.45) is 4.99 Å². The maximum Gasteiger partial charge on any atom is 0.338 e. The molecule has 0 amide bonds. The molecule has 0 atom stereocenters. The third kappa shape index (κ3) is 2.90. The molecule has 16 heavy (non-hydrogen) atoms. The molecule has 82 valence electrons. The Balaban J connectivity index is 2.93. The van der Waals surface area contributed by atoms with E-state index in [0.717, 1.165) is 5.56 Å². The quantitative estimate of drug-likeness (QED) is 0.257. The van der Waals surface area contributed by atoms with Crippen molar-refractivity contribution in [3.63, 3.8) is 0 Å². The van der Waals surface area contributed by atoms with E-state index in [1.807, 2.05) is 0 Å². The number of carbonyl (C=O) groups excluding carboxylic acids is 2. The first-order valence-corrected chi connectivity index (χ1v) is 4.61. The summed E-state index contributed by atoms with van der Waals surface area (Å²) < 4.78 is 5.01. The average Bonchev–Trinajstić information content (AvgIpc) is 2.22. The molecule has 0 fully saturated rings. The van der Waals surface area contributed by atoms with Crippen LogP contribution in [0.2, 0.25) is 0 Å². The standard InChI is InChI=1S/C12H11NO3/c1-8(2)12(15)16-10-4-5-11(13-7-14)9(3)6-10/h4-6H,1H2,2-3H3. The average molecular weight is 217 g/mol. The highest BCUT2D eigenvalue weighted by Crippen LogP contribution is 2.23. The zero-order valence-corrected chi connectivity index (χ0v) is 9.11. The van der Waals surface area contributed by atoms with Crippen LogP contribution in [0.15, 0.2) is 35.3 Å². The van der Waals surface area contributed by atoms with Crippen molar-refractivity contribution in [2.45, 2.75) is 13.8 Å². The number of hydrogen-bond donors (Lipinski definition) is 0. The van der Waals surface area contributed by atoms with E-state index in [2.05, 4.69) is 11.6 Å². The molecule has 4 heteroatoms. The van der Waals surface area contributed by atoms with Crippen molar-refractivity contribution in [3.8, 4) is 5.75 Å². The summed E-state index contributed by atoms with van der Waals surface area (Å²) in [5.74, 6) is -0.0820. The van der Waals surface area contributed by atoms with Gasteiger partial charge < -0.3 is 4.74 Å². The van der Waals surface area contributed by atoms with Gasteiger partial charge in [-0.15, -0.1) is 0 Å². The van der Waals surface area contributed by atoms with Gasteiger partial charge in [0.05, 0.1) is 5.69 Å². The van der Waals surface area contributed by atoms with E-state index in [-0.39, 0.29) is 0 Å². The lowest BCUT2D eigenvalue weighted by Crippen LogP contribution is -2.08. The normalized spacial score (nSPS) is 9.12. The van der Waals surface area contributed by atoms with E-state index >= 15 is 0 Å². The smallest absolute Gasteiger partial charge is 0.338 e. The second kappa shape index (κ2) is 5.05. The number of nitrogens with zero attached hydrogens (tertiary/aromatic N) is 1. The Morgan fingerprint density at radius 2 is 2.19 bits per heavy atom. The summed E-state index contributed by atoms with van der Waals surface area (Å²) in [6, 6.07) is 4.77. The molecule has 0 aliphatic carbocycles. The lowest BCUT2D eigenvalue weighted by molar-refractivity contribution is -0.130. The molecule has 0 saturated carbocycles. The molecule has 0 saturated heterocycles. The van der Waals surface area contributed by atoms with Gasteiger partial charge in [0.1, 0.15) is 5.75 Å². The second-order valence-corrected chi connectivity index (χ2v) is 3.32. The zero-order chi connectivity index (χ0) is 12.1. The van der Waals surface area contributed by atoms with Crippen LogP contribution in [0.4, 0.5) is 5.69 Å². The Kier molecular flexibility index (Phi) is 3.75. The Morgan fingerprint density at radius 1 is 1.50 bits per heavy atom. The van der Waals surface area contributed by atoms with Gasteiger partial charge in [-0.25, -0.2) is 9.59 Å². The number of aryl methyl sites for hydroxylation is 1. The first-order valence-electron chi connectivity index (χ1n) is 4.61. The van der Waals surface area contributed by atoms with Crippen LogP contribution in [0.3, 0.4) is 0 Å². The number of isocyanates is 1. The highest BCUT2D eigenvalue weighted by molar-refractivity contribution is 5.88. The highest BCUT2D eigenvalue weighted by atomic mass is 16.5. The molecule has 0 heterocycles. The molecule has 0 N–H and O–H groups in total. The molecule has 0 aromatic heterocycles. The minimum absolute atomic E-state index is 0.327. The number of aliphatic imine (C=N–C) groups is 1. The van der Waals surface area contributed by atoms with Gasteiger partial charge in [0.2, 0.25) is 6.08 Å². The largest absolute Gasteiger partial charge is 0.423 e. The van der Waals surface area contributed by atoms with Crippen LogP contribution in [0.1, 0.15) is 12.5 Å². The molecule has 0 unspecified atom stereocenters. The van der Waals surface area contributed by atoms with Gasteiger partial charge in [-0.05, 0) is 37.6 Å². The molecule has 0 radical (unpaired) electrons. The predicted octanol–water partition coefficient (Wildman–Crippen LogP) is 2.44. The van der Waals surface area contributed by atoms with Crippen LogP contribution in [0, 0.1) is 6.92 Å². The van der Waals surface area contributed by atoms with Crippen LogP contribution >= 0.6 is 0 Å². The summed E-state index contributed by atoms with van der Waals surface area (Å²) in [6.07, 6.45) is 1.46. The van der Waals surface area contributed by atoms with Crippen LogP contribution < -0.4 is 4.74 Å². The number of rotatable bonds is 3. The van der Waals surface area contributed by atoms with Gasteiger partial charge in [0.25, 0.3) is 0 Å². The van der Waals surface area contributed by atoms with Crippen molar-refractivity contribution < 1.29 is 14.3 Å². The topological polar surface area (TPSA) is 55.7 Å². The summed E-state index contributed by atoms with van der Waals surface area (Å²) in [5, 5.41) is 0. The number of esters is 1. The lowest BCUT2D eigenvalue weighted by atomic mass is 10.2. The van der Waals surface area contributed by atoms with Crippen molar-refractivity contribution in [3.05, 3.63) is 35.9 Å². The second-order valence-electron chi connectivity index (χ2n) is 3.32. The molecule has 0 spiro atoms. The lowest BCUT2D eigenvalue weighted by Gasteiger charge is -2.05. The van der Waals surface area contributed by atoms with E-state index in [4.69, 9.17) is 4.74 Å². The summed E-state index contributed by atoms with van der Waals surface area (Å²) in [5.41, 5.74) is 1.56. The van der Waals surface area contributed by atoms with Gasteiger partial charge in [-0.3, -0.25) is 0 Å². The summed E-state index contributed by atoms with van der Waals surface area (Å²) in [6.45, 7) is 6.80. The van der Waals surface area contributed by atoms with Crippen molar-refractivity contribution >= 4 is 17.7 Å². The first-order chi connectivity index (χ1) is 7.54. The molecule has 1 rings (SSSR count). The predicted molar refractivity (Wildman–Crippen MR) is 59.4 cm³/mol. The number of benzene rings is 1.